The maximum absolute atomic E-state index is 9.34. The number of nitrogens with one attached hydrogen (secondary N) is 1. The third kappa shape index (κ3) is 2.39. The van der Waals surface area contributed by atoms with E-state index in [1.165, 1.54) is 25.7 Å². The first-order valence-electron chi connectivity index (χ1n) is 7.44. The third-order valence-electron chi connectivity index (χ3n) is 4.58. The van der Waals surface area contributed by atoms with Crippen LogP contribution in [0.25, 0.3) is 0 Å². The predicted octanol–water partition coefficient (Wildman–Crippen LogP) is 3.32. The van der Waals surface area contributed by atoms with Crippen LogP contribution in [0, 0.1) is 11.3 Å². The summed E-state index contributed by atoms with van der Waals surface area (Å²) in [5.41, 5.74) is 1.77. The van der Waals surface area contributed by atoms with Gasteiger partial charge in [0.05, 0.1) is 11.3 Å². The first-order chi connectivity index (χ1) is 9.72. The molecule has 1 aromatic rings. The summed E-state index contributed by atoms with van der Waals surface area (Å²) >= 11 is 6.14. The highest BCUT2D eigenvalue weighted by Crippen LogP contribution is 2.41. The van der Waals surface area contributed by atoms with Gasteiger partial charge in [-0.3, -0.25) is 0 Å². The highest BCUT2D eigenvalue weighted by atomic mass is 35.5. The highest BCUT2D eigenvalue weighted by Gasteiger charge is 2.41. The van der Waals surface area contributed by atoms with Gasteiger partial charge in [0.2, 0.25) is 0 Å². The molecule has 2 heterocycles. The molecule has 0 spiro atoms. The number of fused-ring (bicyclic) bond motifs is 2. The Hall–Kier alpha value is -1.24. The lowest BCUT2D eigenvalue weighted by Crippen LogP contribution is -2.49. The molecule has 3 rings (SSSR count). The van der Waals surface area contributed by atoms with Crippen LogP contribution in [-0.2, 0) is 0 Å². The number of halogens is 1. The van der Waals surface area contributed by atoms with E-state index in [1.54, 1.807) is 6.07 Å². The third-order valence-corrected chi connectivity index (χ3v) is 4.82. The Morgan fingerprint density at radius 1 is 1.35 bits per heavy atom. The summed E-state index contributed by atoms with van der Waals surface area (Å²) in [4.78, 5) is 2.46. The van der Waals surface area contributed by atoms with Crippen molar-refractivity contribution in [3.05, 3.63) is 28.8 Å². The van der Waals surface area contributed by atoms with Crippen LogP contribution in [0.15, 0.2) is 18.2 Å². The number of piperidine rings is 1. The number of nitrogens with zero attached hydrogens (tertiary/aromatic N) is 2. The SMILES string of the molecule is CCNC1CC2CCC(C1)N2c1cc(Cl)ccc1C#N. The van der Waals surface area contributed by atoms with Crippen molar-refractivity contribution in [2.45, 2.75) is 50.7 Å². The monoisotopic (exact) mass is 289 g/mol. The van der Waals surface area contributed by atoms with E-state index in [0.29, 0.717) is 23.1 Å². The first-order valence-corrected chi connectivity index (χ1v) is 7.82. The molecule has 0 aromatic heterocycles. The van der Waals surface area contributed by atoms with E-state index in [2.05, 4.69) is 23.2 Å². The second-order valence-corrected chi connectivity index (χ2v) is 6.23. The van der Waals surface area contributed by atoms with Gasteiger partial charge in [0.15, 0.2) is 0 Å². The van der Waals surface area contributed by atoms with Crippen LogP contribution in [0.3, 0.4) is 0 Å². The first kappa shape index (κ1) is 13.7. The van der Waals surface area contributed by atoms with Crippen molar-refractivity contribution in [3.63, 3.8) is 0 Å². The summed E-state index contributed by atoms with van der Waals surface area (Å²) in [5, 5.41) is 13.6. The largest absolute Gasteiger partial charge is 0.364 e. The minimum Gasteiger partial charge on any atom is -0.364 e. The minimum atomic E-state index is 0.545. The molecule has 2 aliphatic heterocycles. The normalized spacial score (nSPS) is 28.4. The van der Waals surface area contributed by atoms with Crippen LogP contribution in [0.2, 0.25) is 5.02 Å². The number of hydrogen-bond acceptors (Lipinski definition) is 3. The van der Waals surface area contributed by atoms with E-state index in [0.717, 1.165) is 17.8 Å². The second kappa shape index (κ2) is 5.63. The molecule has 2 unspecified atom stereocenters. The van der Waals surface area contributed by atoms with E-state index in [1.807, 2.05) is 12.1 Å². The van der Waals surface area contributed by atoms with Crippen molar-refractivity contribution in [2.24, 2.45) is 0 Å². The molecular formula is C16H20ClN3. The van der Waals surface area contributed by atoms with Crippen LogP contribution in [0.1, 0.15) is 38.2 Å². The van der Waals surface area contributed by atoms with E-state index in [-0.39, 0.29) is 0 Å². The maximum atomic E-state index is 9.34. The van der Waals surface area contributed by atoms with Crippen molar-refractivity contribution in [1.82, 2.24) is 5.32 Å². The van der Waals surface area contributed by atoms with Crippen molar-refractivity contribution < 1.29 is 0 Å². The fraction of sp³-hybridized carbons (Fsp3) is 0.562. The fourth-order valence-electron chi connectivity index (χ4n) is 3.84. The summed E-state index contributed by atoms with van der Waals surface area (Å²) in [6.07, 6.45) is 4.79. The molecule has 2 fully saturated rings. The fourth-order valence-corrected chi connectivity index (χ4v) is 4.01. The maximum Gasteiger partial charge on any atom is 0.101 e. The van der Waals surface area contributed by atoms with Crippen LogP contribution < -0.4 is 10.2 Å². The molecule has 0 amide bonds. The van der Waals surface area contributed by atoms with Crippen molar-refractivity contribution in [2.75, 3.05) is 11.4 Å². The molecule has 1 aromatic carbocycles. The highest BCUT2D eigenvalue weighted by molar-refractivity contribution is 6.30. The molecule has 3 nitrogen and oxygen atoms in total. The van der Waals surface area contributed by atoms with Gasteiger partial charge in [-0.25, -0.2) is 0 Å². The van der Waals surface area contributed by atoms with E-state index in [9.17, 15) is 5.26 Å². The Balaban J connectivity index is 1.89. The van der Waals surface area contributed by atoms with Crippen molar-refractivity contribution >= 4 is 17.3 Å². The number of hydrogen-bond donors (Lipinski definition) is 1. The van der Waals surface area contributed by atoms with Gasteiger partial charge in [-0.1, -0.05) is 18.5 Å². The van der Waals surface area contributed by atoms with Gasteiger partial charge in [0, 0.05) is 23.1 Å². The molecule has 0 radical (unpaired) electrons. The van der Waals surface area contributed by atoms with E-state index >= 15 is 0 Å². The topological polar surface area (TPSA) is 39.1 Å². The average Bonchev–Trinajstić information content (AvgIpc) is 2.70. The van der Waals surface area contributed by atoms with Gasteiger partial charge in [0.25, 0.3) is 0 Å². The second-order valence-electron chi connectivity index (χ2n) is 5.79. The average molecular weight is 290 g/mol. The van der Waals surface area contributed by atoms with Crippen molar-refractivity contribution in [3.8, 4) is 6.07 Å². The minimum absolute atomic E-state index is 0.545. The van der Waals surface area contributed by atoms with Crippen LogP contribution in [0.5, 0.6) is 0 Å². The molecule has 2 bridgehead atoms. The quantitative estimate of drug-likeness (QED) is 0.928. The number of benzene rings is 1. The van der Waals surface area contributed by atoms with E-state index in [4.69, 9.17) is 11.6 Å². The number of nitriles is 1. The molecule has 20 heavy (non-hydrogen) atoms. The van der Waals surface area contributed by atoms with Crippen LogP contribution >= 0.6 is 11.6 Å². The summed E-state index contributed by atoms with van der Waals surface area (Å²) in [6, 6.07) is 9.62. The van der Waals surface area contributed by atoms with Gasteiger partial charge in [-0.15, -0.1) is 0 Å². The van der Waals surface area contributed by atoms with Crippen molar-refractivity contribution in [1.29, 1.82) is 5.26 Å². The Bertz CT molecular complexity index is 523. The van der Waals surface area contributed by atoms with E-state index < -0.39 is 0 Å². The Morgan fingerprint density at radius 3 is 2.65 bits per heavy atom. The zero-order valence-corrected chi connectivity index (χ0v) is 12.5. The van der Waals surface area contributed by atoms with Gasteiger partial charge < -0.3 is 10.2 Å². The van der Waals surface area contributed by atoms with Gasteiger partial charge in [-0.05, 0) is 50.4 Å². The zero-order chi connectivity index (χ0) is 14.1. The summed E-state index contributed by atoms with van der Waals surface area (Å²) in [5.74, 6) is 0. The van der Waals surface area contributed by atoms with Crippen LogP contribution in [-0.4, -0.2) is 24.7 Å². The van der Waals surface area contributed by atoms with Gasteiger partial charge in [0.1, 0.15) is 6.07 Å². The molecule has 2 saturated heterocycles. The number of rotatable bonds is 3. The lowest BCUT2D eigenvalue weighted by atomic mass is 9.95. The predicted molar refractivity (Wildman–Crippen MR) is 82.2 cm³/mol. The summed E-state index contributed by atoms with van der Waals surface area (Å²) in [6.45, 7) is 3.20. The Labute approximate surface area is 125 Å². The molecule has 2 atom stereocenters. The molecule has 106 valence electrons. The zero-order valence-electron chi connectivity index (χ0n) is 11.8. The molecular weight excluding hydrogens is 270 g/mol. The van der Waals surface area contributed by atoms with Gasteiger partial charge in [-0.2, -0.15) is 5.26 Å². The molecule has 0 aliphatic carbocycles. The van der Waals surface area contributed by atoms with Gasteiger partial charge >= 0.3 is 0 Å². The smallest absolute Gasteiger partial charge is 0.101 e. The molecule has 0 saturated carbocycles. The van der Waals surface area contributed by atoms with Crippen LogP contribution in [0.4, 0.5) is 5.69 Å². The molecule has 2 aliphatic rings. The molecule has 1 N–H and O–H groups in total. The lowest BCUT2D eigenvalue weighted by molar-refractivity contribution is 0.361. The summed E-state index contributed by atoms with van der Waals surface area (Å²) < 4.78 is 0. The lowest BCUT2D eigenvalue weighted by Gasteiger charge is -2.41. The molecule has 4 heteroatoms. The Kier molecular flexibility index (Phi) is 3.87. The standard InChI is InChI=1S/C16H20ClN3/c1-2-19-13-8-14-5-6-15(9-13)20(14)16-7-12(17)4-3-11(16)10-18/h3-4,7,13-15,19H,2,5-6,8-9H2,1H3. The number of anilines is 1. The Morgan fingerprint density at radius 2 is 2.05 bits per heavy atom. The summed E-state index contributed by atoms with van der Waals surface area (Å²) in [7, 11) is 0.